The Labute approximate surface area is 121 Å². The summed E-state index contributed by atoms with van der Waals surface area (Å²) < 4.78 is 5.38. The summed E-state index contributed by atoms with van der Waals surface area (Å²) in [6.45, 7) is 6.93. The highest BCUT2D eigenvalue weighted by Crippen LogP contribution is 2.04. The second kappa shape index (κ2) is 10.2. The number of hydrogen-bond acceptors (Lipinski definition) is 4. The summed E-state index contributed by atoms with van der Waals surface area (Å²) in [5, 5.41) is 5.98. The molecule has 20 heavy (non-hydrogen) atoms. The molecule has 0 fully saturated rings. The molecule has 0 aliphatic rings. The topological polar surface area (TPSA) is 63.2 Å². The zero-order valence-corrected chi connectivity index (χ0v) is 12.4. The van der Waals surface area contributed by atoms with Gasteiger partial charge < -0.3 is 15.4 Å². The summed E-state index contributed by atoms with van der Waals surface area (Å²) >= 11 is 0. The lowest BCUT2D eigenvalue weighted by atomic mass is 10.2. The molecule has 0 bridgehead atoms. The van der Waals surface area contributed by atoms with Gasteiger partial charge in [0, 0.05) is 25.9 Å². The molecule has 0 unspecified atom stereocenters. The van der Waals surface area contributed by atoms with Crippen LogP contribution < -0.4 is 10.6 Å². The van der Waals surface area contributed by atoms with Crippen LogP contribution in [0.5, 0.6) is 0 Å². The first-order valence-corrected chi connectivity index (χ1v) is 7.33. The van der Waals surface area contributed by atoms with Crippen molar-refractivity contribution in [1.82, 2.24) is 10.3 Å². The summed E-state index contributed by atoms with van der Waals surface area (Å²) in [5.41, 5.74) is 0.570. The molecule has 0 aromatic carbocycles. The maximum atomic E-state index is 11.8. The van der Waals surface area contributed by atoms with Crippen LogP contribution in [0.25, 0.3) is 0 Å². The number of aromatic nitrogens is 1. The van der Waals surface area contributed by atoms with Crippen LogP contribution in [0.4, 0.5) is 5.82 Å². The largest absolute Gasteiger partial charge is 0.380 e. The molecule has 0 spiro atoms. The molecule has 0 saturated heterocycles. The van der Waals surface area contributed by atoms with Gasteiger partial charge in [0.05, 0.1) is 12.2 Å². The number of nitrogens with zero attached hydrogens (tertiary/aromatic N) is 1. The minimum Gasteiger partial charge on any atom is -0.380 e. The zero-order chi connectivity index (χ0) is 14.6. The molecule has 1 rings (SSSR count). The molecule has 0 radical (unpaired) electrons. The van der Waals surface area contributed by atoms with E-state index in [1.165, 1.54) is 0 Å². The Morgan fingerprint density at radius 3 is 2.70 bits per heavy atom. The van der Waals surface area contributed by atoms with Gasteiger partial charge in [0.2, 0.25) is 0 Å². The van der Waals surface area contributed by atoms with Crippen molar-refractivity contribution in [2.75, 3.05) is 31.6 Å². The maximum Gasteiger partial charge on any atom is 0.252 e. The van der Waals surface area contributed by atoms with E-state index in [1.807, 2.05) is 6.07 Å². The van der Waals surface area contributed by atoms with E-state index in [4.69, 9.17) is 4.74 Å². The molecule has 2 N–H and O–H groups in total. The summed E-state index contributed by atoms with van der Waals surface area (Å²) in [6, 6.07) is 3.60. The van der Waals surface area contributed by atoms with Gasteiger partial charge in [0.1, 0.15) is 5.82 Å². The summed E-state index contributed by atoms with van der Waals surface area (Å²) in [7, 11) is 0. The van der Waals surface area contributed by atoms with Crippen LogP contribution in [0.3, 0.4) is 0 Å². The number of amides is 1. The van der Waals surface area contributed by atoms with Gasteiger partial charge in [-0.25, -0.2) is 4.98 Å². The SMILES string of the molecule is CCCCOCCNC(=O)c1ccc(NCCC)nc1. The van der Waals surface area contributed by atoms with Crippen LogP contribution in [-0.2, 0) is 4.74 Å². The highest BCUT2D eigenvalue weighted by molar-refractivity contribution is 5.94. The van der Waals surface area contributed by atoms with Crippen molar-refractivity contribution in [3.05, 3.63) is 23.9 Å². The Balaban J connectivity index is 2.25. The highest BCUT2D eigenvalue weighted by atomic mass is 16.5. The quantitative estimate of drug-likeness (QED) is 0.646. The fourth-order valence-corrected chi connectivity index (χ4v) is 1.57. The van der Waals surface area contributed by atoms with E-state index in [1.54, 1.807) is 12.3 Å². The van der Waals surface area contributed by atoms with Crippen LogP contribution >= 0.6 is 0 Å². The van der Waals surface area contributed by atoms with Gasteiger partial charge in [0.15, 0.2) is 0 Å². The molecular weight excluding hydrogens is 254 g/mol. The molecule has 5 heteroatoms. The smallest absolute Gasteiger partial charge is 0.252 e. The van der Waals surface area contributed by atoms with Crippen LogP contribution in [-0.4, -0.2) is 37.2 Å². The Morgan fingerprint density at radius 2 is 2.05 bits per heavy atom. The molecule has 1 aromatic rings. The number of pyridine rings is 1. The lowest BCUT2D eigenvalue weighted by Gasteiger charge is -2.07. The predicted molar refractivity (Wildman–Crippen MR) is 81.1 cm³/mol. The minimum absolute atomic E-state index is 0.112. The molecule has 1 aromatic heterocycles. The van der Waals surface area contributed by atoms with Gasteiger partial charge >= 0.3 is 0 Å². The number of carbonyl (C=O) groups excluding carboxylic acids is 1. The third kappa shape index (κ3) is 6.52. The van der Waals surface area contributed by atoms with Gasteiger partial charge in [0.25, 0.3) is 5.91 Å². The van der Waals surface area contributed by atoms with E-state index in [0.29, 0.717) is 18.7 Å². The van der Waals surface area contributed by atoms with E-state index in [2.05, 4.69) is 29.5 Å². The monoisotopic (exact) mass is 279 g/mol. The summed E-state index contributed by atoms with van der Waals surface area (Å²) in [6.07, 6.45) is 4.81. The van der Waals surface area contributed by atoms with Crippen molar-refractivity contribution >= 4 is 11.7 Å². The zero-order valence-electron chi connectivity index (χ0n) is 12.4. The minimum atomic E-state index is -0.112. The average molecular weight is 279 g/mol. The number of hydrogen-bond donors (Lipinski definition) is 2. The van der Waals surface area contributed by atoms with Crippen LogP contribution in [0, 0.1) is 0 Å². The van der Waals surface area contributed by atoms with Crippen LogP contribution in [0.2, 0.25) is 0 Å². The van der Waals surface area contributed by atoms with Gasteiger partial charge in [-0.2, -0.15) is 0 Å². The number of ether oxygens (including phenoxy) is 1. The Kier molecular flexibility index (Phi) is 8.38. The molecule has 0 aliphatic carbocycles. The van der Waals surface area contributed by atoms with Crippen LogP contribution in [0.1, 0.15) is 43.5 Å². The fourth-order valence-electron chi connectivity index (χ4n) is 1.57. The first kappa shape index (κ1) is 16.4. The average Bonchev–Trinajstić information content (AvgIpc) is 2.49. The number of anilines is 1. The maximum absolute atomic E-state index is 11.8. The third-order valence-corrected chi connectivity index (χ3v) is 2.76. The van der Waals surface area contributed by atoms with Crippen molar-refractivity contribution in [1.29, 1.82) is 0 Å². The van der Waals surface area contributed by atoms with Crippen molar-refractivity contribution in [2.45, 2.75) is 33.1 Å². The lowest BCUT2D eigenvalue weighted by molar-refractivity contribution is 0.0912. The number of rotatable bonds is 10. The number of nitrogens with one attached hydrogen (secondary N) is 2. The normalized spacial score (nSPS) is 10.3. The summed E-state index contributed by atoms with van der Waals surface area (Å²) in [5.74, 6) is 0.685. The number of carbonyl (C=O) groups is 1. The van der Waals surface area contributed by atoms with Crippen molar-refractivity contribution in [3.63, 3.8) is 0 Å². The van der Waals surface area contributed by atoms with Crippen LogP contribution in [0.15, 0.2) is 18.3 Å². The molecule has 5 nitrogen and oxygen atoms in total. The van der Waals surface area contributed by atoms with Gasteiger partial charge in [-0.05, 0) is 25.0 Å². The number of unbranched alkanes of at least 4 members (excludes halogenated alkanes) is 1. The first-order chi connectivity index (χ1) is 9.77. The molecule has 0 atom stereocenters. The third-order valence-electron chi connectivity index (χ3n) is 2.76. The van der Waals surface area contributed by atoms with Crippen molar-refractivity contribution in [2.24, 2.45) is 0 Å². The van der Waals surface area contributed by atoms with Crippen molar-refractivity contribution in [3.8, 4) is 0 Å². The van der Waals surface area contributed by atoms with Gasteiger partial charge in [-0.15, -0.1) is 0 Å². The van der Waals surface area contributed by atoms with Gasteiger partial charge in [-0.1, -0.05) is 20.3 Å². The van der Waals surface area contributed by atoms with E-state index in [0.717, 1.165) is 38.2 Å². The van der Waals surface area contributed by atoms with E-state index in [-0.39, 0.29) is 5.91 Å². The Morgan fingerprint density at radius 1 is 1.20 bits per heavy atom. The second-order valence-corrected chi connectivity index (χ2v) is 4.58. The fraction of sp³-hybridized carbons (Fsp3) is 0.600. The molecule has 112 valence electrons. The molecular formula is C15H25N3O2. The second-order valence-electron chi connectivity index (χ2n) is 4.58. The highest BCUT2D eigenvalue weighted by Gasteiger charge is 2.05. The molecule has 1 amide bonds. The summed E-state index contributed by atoms with van der Waals surface area (Å²) in [4.78, 5) is 16.0. The predicted octanol–water partition coefficient (Wildman–Crippen LogP) is 2.45. The molecule has 0 aliphatic heterocycles. The van der Waals surface area contributed by atoms with Gasteiger partial charge in [-0.3, -0.25) is 4.79 Å². The Bertz CT molecular complexity index is 379. The Hall–Kier alpha value is -1.62. The molecule has 1 heterocycles. The van der Waals surface area contributed by atoms with E-state index in [9.17, 15) is 4.79 Å². The molecule has 0 saturated carbocycles. The van der Waals surface area contributed by atoms with E-state index >= 15 is 0 Å². The van der Waals surface area contributed by atoms with E-state index < -0.39 is 0 Å². The first-order valence-electron chi connectivity index (χ1n) is 7.33. The van der Waals surface area contributed by atoms with Crippen molar-refractivity contribution < 1.29 is 9.53 Å². The lowest BCUT2D eigenvalue weighted by Crippen LogP contribution is -2.27. The standard InChI is InChI=1S/C15H25N3O2/c1-3-5-10-20-11-9-17-15(19)13-6-7-14(18-12-13)16-8-4-2/h6-7,12H,3-5,8-11H2,1-2H3,(H,16,18)(H,17,19).